The summed E-state index contributed by atoms with van der Waals surface area (Å²) in [6.45, 7) is 0. The first-order valence-corrected chi connectivity index (χ1v) is 20.3. The van der Waals surface area contributed by atoms with Crippen LogP contribution >= 0.6 is 15.9 Å². The second-order valence-electron chi connectivity index (χ2n) is 14.7. The van der Waals surface area contributed by atoms with Crippen molar-refractivity contribution in [2.24, 2.45) is 0 Å². The van der Waals surface area contributed by atoms with Crippen LogP contribution in [0.1, 0.15) is 0 Å². The summed E-state index contributed by atoms with van der Waals surface area (Å²) in [6, 6.07) is 75.9. The van der Waals surface area contributed by atoms with Gasteiger partial charge in [-0.3, -0.25) is 0 Å². The summed E-state index contributed by atoms with van der Waals surface area (Å²) in [5.41, 5.74) is 15.3. The van der Waals surface area contributed by atoms with Crippen LogP contribution < -0.4 is 4.90 Å². The fourth-order valence-electron chi connectivity index (χ4n) is 8.46. The number of halogens is 1. The van der Waals surface area contributed by atoms with Crippen molar-refractivity contribution >= 4 is 76.7 Å². The predicted molar refractivity (Wildman–Crippen MR) is 247 cm³/mol. The van der Waals surface area contributed by atoms with Crippen molar-refractivity contribution in [2.75, 3.05) is 4.90 Å². The van der Waals surface area contributed by atoms with Gasteiger partial charge in [-0.05, 0) is 100 Å². The zero-order chi connectivity index (χ0) is 38.6. The Morgan fingerprint density at radius 3 is 1.69 bits per heavy atom. The molecule has 0 amide bonds. The Morgan fingerprint density at radius 2 is 0.948 bits per heavy atom. The van der Waals surface area contributed by atoms with E-state index in [4.69, 9.17) is 4.42 Å². The third-order valence-electron chi connectivity index (χ3n) is 11.3. The Kier molecular flexibility index (Phi) is 8.30. The van der Waals surface area contributed by atoms with Gasteiger partial charge in [-0.15, -0.1) is 0 Å². The van der Waals surface area contributed by atoms with Crippen molar-refractivity contribution in [3.8, 4) is 39.1 Å². The molecule has 0 unspecified atom stereocenters. The lowest BCUT2D eigenvalue weighted by Gasteiger charge is -2.26. The highest BCUT2D eigenvalue weighted by Gasteiger charge is 2.20. The highest BCUT2D eigenvalue weighted by molar-refractivity contribution is 9.10. The zero-order valence-corrected chi connectivity index (χ0v) is 33.0. The van der Waals surface area contributed by atoms with E-state index in [1.54, 1.807) is 0 Å². The van der Waals surface area contributed by atoms with Gasteiger partial charge in [0.1, 0.15) is 11.2 Å². The molecule has 0 radical (unpaired) electrons. The van der Waals surface area contributed by atoms with Crippen LogP contribution in [0.3, 0.4) is 0 Å². The summed E-state index contributed by atoms with van der Waals surface area (Å²) < 4.78 is 9.93. The van der Waals surface area contributed by atoms with Crippen LogP contribution in [0.5, 0.6) is 0 Å². The number of hydrogen-bond acceptors (Lipinski definition) is 2. The van der Waals surface area contributed by atoms with E-state index in [1.807, 2.05) is 12.1 Å². The van der Waals surface area contributed by atoms with Crippen LogP contribution in [0.15, 0.2) is 221 Å². The Labute approximate surface area is 344 Å². The van der Waals surface area contributed by atoms with Crippen molar-refractivity contribution in [1.29, 1.82) is 0 Å². The molecule has 0 bridgehead atoms. The molecule has 2 aromatic heterocycles. The molecule has 0 saturated carbocycles. The number of benzene rings is 9. The number of nitrogens with zero attached hydrogens (tertiary/aromatic N) is 2. The van der Waals surface area contributed by atoms with Crippen LogP contribution in [-0.4, -0.2) is 4.57 Å². The SMILES string of the molecule is Brc1ccccc1-c1cccc(N(c2ccc(-c3ccccc3)cc2)c2ccc3c4cc5c(cc4n(-c4ccc(-c6ccccc6)cc4)c3c2)oc2ccccc25)c1. The molecule has 4 heteroatoms. The summed E-state index contributed by atoms with van der Waals surface area (Å²) in [7, 11) is 0. The molecule has 58 heavy (non-hydrogen) atoms. The standard InChI is InChI=1S/C54H35BrN2O/c55-50-20-9-7-18-45(50)40-16-11-17-43(32-40)56(41-26-22-38(23-27-41)36-12-3-1-4-13-36)44-30-31-46-48-34-49-47-19-8-10-21-53(47)58-54(49)35-52(48)57(51(46)33-44)42-28-24-39(25-29-42)37-14-5-2-6-15-37/h1-35H. The number of furan rings is 1. The van der Waals surface area contributed by atoms with Gasteiger partial charge in [-0.1, -0.05) is 155 Å². The molecule has 0 aliphatic rings. The molecule has 0 N–H and O–H groups in total. The van der Waals surface area contributed by atoms with Crippen molar-refractivity contribution in [3.63, 3.8) is 0 Å². The smallest absolute Gasteiger partial charge is 0.137 e. The maximum absolute atomic E-state index is 6.47. The predicted octanol–water partition coefficient (Wildman–Crippen LogP) is 15.9. The van der Waals surface area contributed by atoms with Gasteiger partial charge in [0, 0.05) is 54.8 Å². The molecule has 3 nitrogen and oxygen atoms in total. The summed E-state index contributed by atoms with van der Waals surface area (Å²) in [4.78, 5) is 2.37. The summed E-state index contributed by atoms with van der Waals surface area (Å²) >= 11 is 3.81. The third-order valence-corrected chi connectivity index (χ3v) is 12.0. The lowest BCUT2D eigenvalue weighted by molar-refractivity contribution is 0.669. The first-order chi connectivity index (χ1) is 28.7. The minimum absolute atomic E-state index is 0.878. The van der Waals surface area contributed by atoms with Crippen molar-refractivity contribution in [2.45, 2.75) is 0 Å². The van der Waals surface area contributed by atoms with Crippen molar-refractivity contribution < 1.29 is 4.42 Å². The molecule has 11 aromatic rings. The van der Waals surface area contributed by atoms with E-state index < -0.39 is 0 Å². The fourth-order valence-corrected chi connectivity index (χ4v) is 8.98. The monoisotopic (exact) mass is 806 g/mol. The number of anilines is 3. The maximum atomic E-state index is 6.47. The molecule has 0 aliphatic heterocycles. The lowest BCUT2D eigenvalue weighted by Crippen LogP contribution is -2.10. The second-order valence-corrected chi connectivity index (χ2v) is 15.5. The number of aromatic nitrogens is 1. The molecule has 2 heterocycles. The number of hydrogen-bond donors (Lipinski definition) is 0. The molecular formula is C54H35BrN2O. The molecule has 0 atom stereocenters. The first kappa shape index (κ1) is 34.1. The van der Waals surface area contributed by atoms with Crippen LogP contribution in [0.4, 0.5) is 17.1 Å². The van der Waals surface area contributed by atoms with E-state index in [0.717, 1.165) is 71.3 Å². The average Bonchev–Trinajstić information content (AvgIpc) is 3.81. The molecule has 11 rings (SSSR count). The largest absolute Gasteiger partial charge is 0.456 e. The van der Waals surface area contributed by atoms with Crippen LogP contribution in [-0.2, 0) is 0 Å². The number of rotatable bonds is 7. The second kappa shape index (κ2) is 14.1. The van der Waals surface area contributed by atoms with Crippen molar-refractivity contribution in [3.05, 3.63) is 217 Å². The Bertz CT molecular complexity index is 3270. The van der Waals surface area contributed by atoms with Crippen LogP contribution in [0.2, 0.25) is 0 Å². The Balaban J connectivity index is 1.14. The molecule has 0 fully saturated rings. The van der Waals surface area contributed by atoms with Gasteiger partial charge in [0.25, 0.3) is 0 Å². The first-order valence-electron chi connectivity index (χ1n) is 19.5. The van der Waals surface area contributed by atoms with Crippen LogP contribution in [0.25, 0.3) is 82.8 Å². The minimum atomic E-state index is 0.878. The third kappa shape index (κ3) is 5.89. The zero-order valence-electron chi connectivity index (χ0n) is 31.4. The van der Waals surface area contributed by atoms with Crippen LogP contribution in [0, 0.1) is 0 Å². The van der Waals surface area contributed by atoms with Gasteiger partial charge in [0.15, 0.2) is 0 Å². The lowest BCUT2D eigenvalue weighted by atomic mass is 10.0. The van der Waals surface area contributed by atoms with Gasteiger partial charge in [0.05, 0.1) is 11.0 Å². The van der Waals surface area contributed by atoms with E-state index in [1.165, 1.54) is 33.0 Å². The molecule has 9 aromatic carbocycles. The van der Waals surface area contributed by atoms with E-state index in [-0.39, 0.29) is 0 Å². The van der Waals surface area contributed by atoms with E-state index >= 15 is 0 Å². The summed E-state index contributed by atoms with van der Waals surface area (Å²) in [6.07, 6.45) is 0. The highest BCUT2D eigenvalue weighted by Crippen LogP contribution is 2.43. The van der Waals surface area contributed by atoms with E-state index in [0.29, 0.717) is 0 Å². The molecule has 0 spiro atoms. The molecule has 274 valence electrons. The number of fused-ring (bicyclic) bond motifs is 6. The quantitative estimate of drug-likeness (QED) is 0.160. The normalized spacial score (nSPS) is 11.5. The van der Waals surface area contributed by atoms with Crippen molar-refractivity contribution in [1.82, 2.24) is 4.57 Å². The Hall–Kier alpha value is -7.14. The summed E-state index contributed by atoms with van der Waals surface area (Å²) in [5.74, 6) is 0. The van der Waals surface area contributed by atoms with E-state index in [9.17, 15) is 0 Å². The average molecular weight is 808 g/mol. The van der Waals surface area contributed by atoms with Gasteiger partial charge in [0.2, 0.25) is 0 Å². The summed E-state index contributed by atoms with van der Waals surface area (Å²) in [5, 5.41) is 4.61. The van der Waals surface area contributed by atoms with E-state index in [2.05, 4.69) is 226 Å². The highest BCUT2D eigenvalue weighted by atomic mass is 79.9. The van der Waals surface area contributed by atoms with Gasteiger partial charge >= 0.3 is 0 Å². The molecule has 0 saturated heterocycles. The molecular weight excluding hydrogens is 773 g/mol. The molecule has 0 aliphatic carbocycles. The van der Waals surface area contributed by atoms with Gasteiger partial charge in [-0.2, -0.15) is 0 Å². The minimum Gasteiger partial charge on any atom is -0.456 e. The maximum Gasteiger partial charge on any atom is 0.137 e. The Morgan fingerprint density at radius 1 is 0.362 bits per heavy atom. The number of para-hydroxylation sites is 1. The van der Waals surface area contributed by atoms with Gasteiger partial charge < -0.3 is 13.9 Å². The topological polar surface area (TPSA) is 21.3 Å². The van der Waals surface area contributed by atoms with Gasteiger partial charge in [-0.25, -0.2) is 0 Å². The fraction of sp³-hybridized carbons (Fsp3) is 0.